The highest BCUT2D eigenvalue weighted by atomic mass is 32.1. The summed E-state index contributed by atoms with van der Waals surface area (Å²) in [7, 11) is 1.84. The summed E-state index contributed by atoms with van der Waals surface area (Å²) in [5.74, 6) is -0.0352. The lowest BCUT2D eigenvalue weighted by atomic mass is 10.1. The van der Waals surface area contributed by atoms with Crippen molar-refractivity contribution in [3.8, 4) is 11.1 Å². The van der Waals surface area contributed by atoms with E-state index >= 15 is 0 Å². The molecule has 0 atom stereocenters. The smallest absolute Gasteiger partial charge is 0.323 e. The molecule has 36 heavy (non-hydrogen) atoms. The zero-order valence-corrected chi connectivity index (χ0v) is 20.4. The fraction of sp³-hybridized carbons (Fsp3) is 0.0769. The molecule has 0 saturated heterocycles. The SMILES string of the molecule is Cc1ccccc1NC(=O)Nc1cccc(NC(=O)c2csc3c(-c4cnn(C)c4)cnc(N)c23)c1. The van der Waals surface area contributed by atoms with Crippen LogP contribution in [-0.4, -0.2) is 26.7 Å². The Morgan fingerprint density at radius 3 is 2.53 bits per heavy atom. The minimum Gasteiger partial charge on any atom is -0.383 e. The van der Waals surface area contributed by atoms with Gasteiger partial charge in [-0.15, -0.1) is 11.3 Å². The first kappa shape index (κ1) is 23.1. The van der Waals surface area contributed by atoms with E-state index in [0.29, 0.717) is 22.3 Å². The van der Waals surface area contributed by atoms with Gasteiger partial charge in [-0.05, 0) is 36.8 Å². The molecule has 0 spiro atoms. The van der Waals surface area contributed by atoms with Gasteiger partial charge in [0.1, 0.15) is 5.82 Å². The number of nitrogens with zero attached hydrogens (tertiary/aromatic N) is 3. The molecule has 0 bridgehead atoms. The summed E-state index contributed by atoms with van der Waals surface area (Å²) in [5, 5.41) is 15.1. The van der Waals surface area contributed by atoms with E-state index < -0.39 is 0 Å². The van der Waals surface area contributed by atoms with Gasteiger partial charge in [-0.1, -0.05) is 24.3 Å². The molecule has 0 saturated carbocycles. The molecule has 180 valence electrons. The van der Waals surface area contributed by atoms with E-state index in [4.69, 9.17) is 5.73 Å². The summed E-state index contributed by atoms with van der Waals surface area (Å²) < 4.78 is 2.57. The number of hydrogen-bond acceptors (Lipinski definition) is 6. The Balaban J connectivity index is 1.35. The number of nitrogens with one attached hydrogen (secondary N) is 3. The number of carbonyl (C=O) groups is 2. The third-order valence-corrected chi connectivity index (χ3v) is 6.67. The summed E-state index contributed by atoms with van der Waals surface area (Å²) in [4.78, 5) is 30.0. The average molecular weight is 498 g/mol. The first-order valence-electron chi connectivity index (χ1n) is 11.1. The van der Waals surface area contributed by atoms with Crippen LogP contribution in [0.4, 0.5) is 27.7 Å². The molecular formula is C26H23N7O2S. The van der Waals surface area contributed by atoms with E-state index in [1.165, 1.54) is 11.3 Å². The minimum atomic E-state index is -0.376. The number of anilines is 4. The van der Waals surface area contributed by atoms with Crippen molar-refractivity contribution in [2.24, 2.45) is 7.05 Å². The second-order valence-corrected chi connectivity index (χ2v) is 9.12. The van der Waals surface area contributed by atoms with E-state index in [9.17, 15) is 9.59 Å². The number of nitrogen functional groups attached to an aromatic ring is 1. The van der Waals surface area contributed by atoms with Gasteiger partial charge in [-0.25, -0.2) is 9.78 Å². The summed E-state index contributed by atoms with van der Waals surface area (Å²) in [5.41, 5.74) is 11.1. The number of carbonyl (C=O) groups excluding carboxylic acids is 2. The maximum atomic E-state index is 13.2. The van der Waals surface area contributed by atoms with E-state index in [0.717, 1.165) is 27.1 Å². The van der Waals surface area contributed by atoms with Crippen LogP contribution in [0.15, 0.2) is 72.5 Å². The molecule has 5 rings (SSSR count). The van der Waals surface area contributed by atoms with E-state index in [2.05, 4.69) is 26.0 Å². The van der Waals surface area contributed by atoms with E-state index in [-0.39, 0.29) is 17.8 Å². The lowest BCUT2D eigenvalue weighted by molar-refractivity contribution is 0.102. The third kappa shape index (κ3) is 4.62. The predicted molar refractivity (Wildman–Crippen MR) is 144 cm³/mol. The molecular weight excluding hydrogens is 474 g/mol. The number of aromatic nitrogens is 3. The van der Waals surface area contributed by atoms with Crippen LogP contribution in [-0.2, 0) is 7.05 Å². The second-order valence-electron chi connectivity index (χ2n) is 8.24. The van der Waals surface area contributed by atoms with Crippen molar-refractivity contribution < 1.29 is 9.59 Å². The van der Waals surface area contributed by atoms with Crippen molar-refractivity contribution >= 4 is 56.2 Å². The van der Waals surface area contributed by atoms with Gasteiger partial charge in [0.05, 0.1) is 11.8 Å². The van der Waals surface area contributed by atoms with Crippen LogP contribution in [0.3, 0.4) is 0 Å². The Morgan fingerprint density at radius 1 is 1.00 bits per heavy atom. The molecule has 9 nitrogen and oxygen atoms in total. The second kappa shape index (κ2) is 9.51. The number of fused-ring (bicyclic) bond motifs is 1. The molecule has 0 unspecified atom stereocenters. The Bertz CT molecular complexity index is 1610. The highest BCUT2D eigenvalue weighted by Gasteiger charge is 2.19. The molecule has 0 aliphatic rings. The normalized spacial score (nSPS) is 10.8. The highest BCUT2D eigenvalue weighted by molar-refractivity contribution is 7.18. The van der Waals surface area contributed by atoms with Crippen LogP contribution >= 0.6 is 11.3 Å². The van der Waals surface area contributed by atoms with Crippen LogP contribution in [0.1, 0.15) is 15.9 Å². The zero-order chi connectivity index (χ0) is 25.2. The lowest BCUT2D eigenvalue weighted by Gasteiger charge is -2.11. The van der Waals surface area contributed by atoms with Gasteiger partial charge in [0.25, 0.3) is 5.91 Å². The number of urea groups is 1. The fourth-order valence-corrected chi connectivity index (χ4v) is 4.96. The minimum absolute atomic E-state index is 0.285. The highest BCUT2D eigenvalue weighted by Crippen LogP contribution is 2.37. The molecule has 0 radical (unpaired) electrons. The van der Waals surface area contributed by atoms with E-state index in [1.807, 2.05) is 44.4 Å². The van der Waals surface area contributed by atoms with Crippen molar-refractivity contribution in [1.29, 1.82) is 0 Å². The largest absolute Gasteiger partial charge is 0.383 e. The van der Waals surface area contributed by atoms with Crippen molar-refractivity contribution in [2.45, 2.75) is 6.92 Å². The number of pyridine rings is 1. The Hall–Kier alpha value is -4.70. The number of rotatable bonds is 5. The van der Waals surface area contributed by atoms with Gasteiger partial charge < -0.3 is 21.7 Å². The molecule has 0 fully saturated rings. The Morgan fingerprint density at radius 2 is 1.78 bits per heavy atom. The first-order valence-corrected chi connectivity index (χ1v) is 12.0. The number of hydrogen-bond donors (Lipinski definition) is 4. The number of nitrogens with two attached hydrogens (primary N) is 1. The number of aryl methyl sites for hydroxylation is 2. The van der Waals surface area contributed by atoms with Gasteiger partial charge in [-0.2, -0.15) is 5.10 Å². The van der Waals surface area contributed by atoms with E-state index in [1.54, 1.807) is 46.7 Å². The third-order valence-electron chi connectivity index (χ3n) is 5.66. The maximum absolute atomic E-state index is 13.2. The Labute approximate surface area is 211 Å². The average Bonchev–Trinajstić information content (AvgIpc) is 3.48. The number of amides is 3. The summed E-state index contributed by atoms with van der Waals surface area (Å²) in [6.07, 6.45) is 5.34. The van der Waals surface area contributed by atoms with Crippen LogP contribution < -0.4 is 21.7 Å². The molecule has 0 aliphatic carbocycles. The van der Waals surface area contributed by atoms with Crippen LogP contribution in [0, 0.1) is 6.92 Å². The number of benzene rings is 2. The summed E-state index contributed by atoms with van der Waals surface area (Å²) in [6, 6.07) is 14.1. The van der Waals surface area contributed by atoms with Crippen molar-refractivity contribution in [1.82, 2.24) is 14.8 Å². The van der Waals surface area contributed by atoms with Gasteiger partial charge >= 0.3 is 6.03 Å². The van der Waals surface area contributed by atoms with Crippen LogP contribution in [0.2, 0.25) is 0 Å². The van der Waals surface area contributed by atoms with Crippen LogP contribution in [0.5, 0.6) is 0 Å². The standard InChI is InChI=1S/C26H23N7O2S/c1-15-6-3-4-9-21(15)32-26(35)31-18-8-5-7-17(10-18)30-25(34)20-14-36-23-19(12-28-24(27)22(20)23)16-11-29-33(2)13-16/h3-14H,1-2H3,(H2,27,28)(H,30,34)(H2,31,32,35). The van der Waals surface area contributed by atoms with Gasteiger partial charge in [-0.3, -0.25) is 9.48 Å². The molecule has 2 aromatic carbocycles. The Kier molecular flexibility index (Phi) is 6.09. The van der Waals surface area contributed by atoms with Crippen molar-refractivity contribution in [3.63, 3.8) is 0 Å². The van der Waals surface area contributed by atoms with Gasteiger partial charge in [0.2, 0.25) is 0 Å². The lowest BCUT2D eigenvalue weighted by Crippen LogP contribution is -2.20. The predicted octanol–water partition coefficient (Wildman–Crippen LogP) is 5.48. The fourth-order valence-electron chi connectivity index (χ4n) is 3.87. The molecule has 5 N–H and O–H groups in total. The molecule has 5 aromatic rings. The molecule has 0 aliphatic heterocycles. The number of para-hydroxylation sites is 1. The monoisotopic (exact) mass is 497 g/mol. The van der Waals surface area contributed by atoms with Crippen LogP contribution in [0.25, 0.3) is 21.2 Å². The first-order chi connectivity index (χ1) is 17.4. The van der Waals surface area contributed by atoms with Gasteiger partial charge in [0.15, 0.2) is 0 Å². The summed E-state index contributed by atoms with van der Waals surface area (Å²) >= 11 is 1.43. The topological polar surface area (TPSA) is 127 Å². The molecule has 3 heterocycles. The maximum Gasteiger partial charge on any atom is 0.323 e. The van der Waals surface area contributed by atoms with Gasteiger partial charge in [0, 0.05) is 63.1 Å². The molecule has 3 amide bonds. The zero-order valence-electron chi connectivity index (χ0n) is 19.6. The van der Waals surface area contributed by atoms with Crippen molar-refractivity contribution in [2.75, 3.05) is 21.7 Å². The molecule has 10 heteroatoms. The van der Waals surface area contributed by atoms with Crippen molar-refractivity contribution in [3.05, 3.63) is 83.6 Å². The number of thiophene rings is 1. The molecule has 3 aromatic heterocycles. The summed E-state index contributed by atoms with van der Waals surface area (Å²) in [6.45, 7) is 1.92. The quantitative estimate of drug-likeness (QED) is 0.256.